The van der Waals surface area contributed by atoms with Crippen LogP contribution in [0.4, 0.5) is 5.69 Å². The van der Waals surface area contributed by atoms with Crippen molar-refractivity contribution in [1.82, 2.24) is 9.97 Å². The number of hydrogen-bond donors (Lipinski definition) is 1. The maximum atomic E-state index is 11.4. The van der Waals surface area contributed by atoms with Gasteiger partial charge in [0, 0.05) is 28.9 Å². The van der Waals surface area contributed by atoms with Crippen LogP contribution in [0.3, 0.4) is 0 Å². The van der Waals surface area contributed by atoms with Gasteiger partial charge in [-0.3, -0.25) is 9.78 Å². The summed E-state index contributed by atoms with van der Waals surface area (Å²) in [6.07, 6.45) is 3.64. The summed E-state index contributed by atoms with van der Waals surface area (Å²) in [5.41, 5.74) is 4.61. The van der Waals surface area contributed by atoms with Crippen molar-refractivity contribution < 1.29 is 9.53 Å². The average molecular weight is 323 g/mol. The molecule has 1 aromatic carbocycles. The number of aromatic nitrogens is 2. The highest BCUT2D eigenvalue weighted by Crippen LogP contribution is 2.34. The summed E-state index contributed by atoms with van der Waals surface area (Å²) in [5, 5.41) is 5.75. The Bertz CT molecular complexity index is 904. The van der Waals surface area contributed by atoms with E-state index in [9.17, 15) is 4.79 Å². The van der Waals surface area contributed by atoms with E-state index in [4.69, 9.17) is 4.74 Å². The van der Waals surface area contributed by atoms with Crippen molar-refractivity contribution in [3.8, 4) is 27.6 Å². The molecule has 0 aliphatic carbocycles. The smallest absolute Gasteiger partial charge is 0.262 e. The van der Waals surface area contributed by atoms with Gasteiger partial charge >= 0.3 is 0 Å². The van der Waals surface area contributed by atoms with Crippen molar-refractivity contribution in [1.29, 1.82) is 0 Å². The van der Waals surface area contributed by atoms with Gasteiger partial charge in [0.2, 0.25) is 0 Å². The number of fused-ring (bicyclic) bond motifs is 1. The molecule has 0 radical (unpaired) electrons. The van der Waals surface area contributed by atoms with E-state index in [1.54, 1.807) is 11.3 Å². The summed E-state index contributed by atoms with van der Waals surface area (Å²) >= 11 is 1.57. The summed E-state index contributed by atoms with van der Waals surface area (Å²) in [5.74, 6) is 0.547. The average Bonchev–Trinajstić information content (AvgIpc) is 3.04. The fraction of sp³-hybridized carbons (Fsp3) is 0.118. The number of carbonyl (C=O) groups is 1. The zero-order valence-corrected chi connectivity index (χ0v) is 13.2. The normalized spacial score (nSPS) is 13.2. The number of benzene rings is 1. The Morgan fingerprint density at radius 2 is 2.13 bits per heavy atom. The third kappa shape index (κ3) is 2.68. The van der Waals surface area contributed by atoms with Crippen molar-refractivity contribution in [3.63, 3.8) is 0 Å². The highest BCUT2D eigenvalue weighted by Gasteiger charge is 2.17. The first-order chi connectivity index (χ1) is 11.2. The van der Waals surface area contributed by atoms with Gasteiger partial charge in [-0.1, -0.05) is 0 Å². The molecule has 5 nitrogen and oxygen atoms in total. The van der Waals surface area contributed by atoms with Gasteiger partial charge in [-0.2, -0.15) is 0 Å². The summed E-state index contributed by atoms with van der Waals surface area (Å²) in [6, 6.07) is 7.76. The lowest BCUT2D eigenvalue weighted by atomic mass is 10.1. The molecule has 0 saturated carbocycles. The quantitative estimate of drug-likeness (QED) is 0.784. The first kappa shape index (κ1) is 13.9. The molecule has 2 aromatic heterocycles. The number of carbonyl (C=O) groups excluding carboxylic acids is 1. The number of hydrogen-bond acceptors (Lipinski definition) is 5. The lowest BCUT2D eigenvalue weighted by Crippen LogP contribution is -2.25. The Hall–Kier alpha value is -2.73. The van der Waals surface area contributed by atoms with Crippen molar-refractivity contribution in [2.24, 2.45) is 0 Å². The molecule has 1 amide bonds. The van der Waals surface area contributed by atoms with Crippen LogP contribution in [0, 0.1) is 6.92 Å². The molecule has 1 N–H and O–H groups in total. The minimum atomic E-state index is -0.139. The summed E-state index contributed by atoms with van der Waals surface area (Å²) in [7, 11) is 0. The molecule has 0 saturated heterocycles. The molecule has 3 heterocycles. The van der Waals surface area contributed by atoms with Crippen molar-refractivity contribution >= 4 is 22.9 Å². The highest BCUT2D eigenvalue weighted by molar-refractivity contribution is 7.13. The molecule has 0 atom stereocenters. The van der Waals surface area contributed by atoms with E-state index in [1.807, 2.05) is 42.9 Å². The molecule has 1 aliphatic rings. The van der Waals surface area contributed by atoms with Crippen LogP contribution in [0.5, 0.6) is 5.75 Å². The number of aryl methyl sites for hydroxylation is 1. The Balaban J connectivity index is 1.69. The predicted octanol–water partition coefficient (Wildman–Crippen LogP) is 3.51. The van der Waals surface area contributed by atoms with Crippen molar-refractivity contribution in [2.75, 3.05) is 11.9 Å². The molecule has 6 heteroatoms. The van der Waals surface area contributed by atoms with E-state index in [0.29, 0.717) is 11.4 Å². The van der Waals surface area contributed by atoms with Crippen LogP contribution < -0.4 is 10.1 Å². The molecule has 114 valence electrons. The highest BCUT2D eigenvalue weighted by atomic mass is 32.1. The minimum absolute atomic E-state index is 0.0630. The SMILES string of the molecule is Cc1cncc(-c2nc(-c3ccc4c(c3)NC(=O)CO4)cs2)c1. The molecule has 0 unspecified atom stereocenters. The lowest BCUT2D eigenvalue weighted by molar-refractivity contribution is -0.118. The number of anilines is 1. The monoisotopic (exact) mass is 323 g/mol. The van der Waals surface area contributed by atoms with Crippen LogP contribution in [0.15, 0.2) is 42.0 Å². The minimum Gasteiger partial charge on any atom is -0.482 e. The number of pyridine rings is 1. The van der Waals surface area contributed by atoms with Crippen molar-refractivity contribution in [2.45, 2.75) is 6.92 Å². The molecule has 1 aliphatic heterocycles. The lowest BCUT2D eigenvalue weighted by Gasteiger charge is -2.18. The van der Waals surface area contributed by atoms with E-state index >= 15 is 0 Å². The number of thiazole rings is 1. The summed E-state index contributed by atoms with van der Waals surface area (Å²) in [6.45, 7) is 2.07. The van der Waals surface area contributed by atoms with Gasteiger partial charge in [0.1, 0.15) is 10.8 Å². The Kier molecular flexibility index (Phi) is 3.31. The van der Waals surface area contributed by atoms with Gasteiger partial charge in [-0.25, -0.2) is 4.98 Å². The van der Waals surface area contributed by atoms with Crippen molar-refractivity contribution in [3.05, 3.63) is 47.6 Å². The standard InChI is InChI=1S/C17H13N3O2S/c1-10-4-12(7-18-6-10)17-20-14(9-23-17)11-2-3-15-13(5-11)19-16(21)8-22-15/h2-7,9H,8H2,1H3,(H,19,21). The second kappa shape index (κ2) is 5.48. The first-order valence-corrected chi connectivity index (χ1v) is 8.01. The van der Waals surface area contributed by atoms with Gasteiger partial charge < -0.3 is 10.1 Å². The van der Waals surface area contributed by atoms with E-state index in [1.165, 1.54) is 0 Å². The van der Waals surface area contributed by atoms with Gasteiger partial charge in [0.25, 0.3) is 5.91 Å². The number of rotatable bonds is 2. The van der Waals surface area contributed by atoms with Crippen LogP contribution in [-0.2, 0) is 4.79 Å². The second-order valence-corrected chi connectivity index (χ2v) is 6.19. The maximum absolute atomic E-state index is 11.4. The van der Waals surface area contributed by atoms with Crippen LogP contribution in [0.1, 0.15) is 5.56 Å². The summed E-state index contributed by atoms with van der Waals surface area (Å²) in [4.78, 5) is 20.3. The van der Waals surface area contributed by atoms with Crippen LogP contribution >= 0.6 is 11.3 Å². The third-order valence-corrected chi connectivity index (χ3v) is 4.43. The maximum Gasteiger partial charge on any atom is 0.262 e. The Morgan fingerprint density at radius 1 is 1.22 bits per heavy atom. The number of amides is 1. The first-order valence-electron chi connectivity index (χ1n) is 7.14. The van der Waals surface area contributed by atoms with Crippen LogP contribution in [0.2, 0.25) is 0 Å². The molecule has 0 spiro atoms. The fourth-order valence-corrected chi connectivity index (χ4v) is 3.26. The molecule has 3 aromatic rings. The van der Waals surface area contributed by atoms with E-state index in [0.717, 1.165) is 27.4 Å². The Labute approximate surface area is 137 Å². The molecule has 0 bridgehead atoms. The van der Waals surface area contributed by atoms with E-state index in [2.05, 4.69) is 21.4 Å². The van der Waals surface area contributed by atoms with Gasteiger partial charge in [0.05, 0.1) is 11.4 Å². The number of ether oxygens (including phenoxy) is 1. The molecular formula is C17H13N3O2S. The molecule has 4 rings (SSSR count). The van der Waals surface area contributed by atoms with Crippen LogP contribution in [-0.4, -0.2) is 22.5 Å². The molecular weight excluding hydrogens is 310 g/mol. The Morgan fingerprint density at radius 3 is 3.00 bits per heavy atom. The molecule has 23 heavy (non-hydrogen) atoms. The van der Waals surface area contributed by atoms with E-state index in [-0.39, 0.29) is 12.5 Å². The van der Waals surface area contributed by atoms with Gasteiger partial charge in [-0.15, -0.1) is 11.3 Å². The van der Waals surface area contributed by atoms with E-state index < -0.39 is 0 Å². The van der Waals surface area contributed by atoms with Gasteiger partial charge in [0.15, 0.2) is 6.61 Å². The topological polar surface area (TPSA) is 64.1 Å². The molecule has 0 fully saturated rings. The number of nitrogens with one attached hydrogen (secondary N) is 1. The second-order valence-electron chi connectivity index (χ2n) is 5.34. The third-order valence-electron chi connectivity index (χ3n) is 3.53. The van der Waals surface area contributed by atoms with Crippen LogP contribution in [0.25, 0.3) is 21.8 Å². The van der Waals surface area contributed by atoms with Gasteiger partial charge in [-0.05, 0) is 36.8 Å². The summed E-state index contributed by atoms with van der Waals surface area (Å²) < 4.78 is 5.38. The predicted molar refractivity (Wildman–Crippen MR) is 89.6 cm³/mol. The number of nitrogens with zero attached hydrogens (tertiary/aromatic N) is 2. The largest absolute Gasteiger partial charge is 0.482 e. The zero-order valence-electron chi connectivity index (χ0n) is 12.4. The zero-order chi connectivity index (χ0) is 15.8. The fourth-order valence-electron chi connectivity index (χ4n) is 2.45.